The number of amides is 3. The summed E-state index contributed by atoms with van der Waals surface area (Å²) < 4.78 is 5.16. The van der Waals surface area contributed by atoms with E-state index < -0.39 is 11.6 Å². The minimum atomic E-state index is -1.11. The molecule has 3 aliphatic rings. The minimum Gasteiger partial charge on any atom is -0.446 e. The number of nitrogens with two attached hydrogens (primary N) is 1. The second-order valence-corrected chi connectivity index (χ2v) is 12.0. The van der Waals surface area contributed by atoms with E-state index in [1.54, 1.807) is 6.07 Å². The standard InChI is InChI=1S/C30H36Cl2N4O4/c31-21-7-5-6-20(16-21)18-30(25-11-10-22(32)17-26(25)34-28(30)38)36(23-8-3-1-2-4-9-23)19-27(37)35-14-12-24(13-15-35)40-29(33)39/h5-7,10-11,16-17,23-24H,1-4,8-9,12-15,18-19H2,(H2,33,39)(H,34,38). The van der Waals surface area contributed by atoms with Crippen molar-refractivity contribution in [3.63, 3.8) is 0 Å². The molecule has 10 heteroatoms. The van der Waals surface area contributed by atoms with E-state index in [2.05, 4.69) is 10.2 Å². The van der Waals surface area contributed by atoms with Crippen molar-refractivity contribution in [1.82, 2.24) is 9.80 Å². The predicted octanol–water partition coefficient (Wildman–Crippen LogP) is 5.49. The number of carbonyl (C=O) groups excluding carboxylic acids is 3. The van der Waals surface area contributed by atoms with E-state index >= 15 is 0 Å². The molecular weight excluding hydrogens is 551 g/mol. The Bertz CT molecular complexity index is 1260. The number of piperidine rings is 1. The van der Waals surface area contributed by atoms with E-state index in [-0.39, 0.29) is 30.5 Å². The fourth-order valence-corrected chi connectivity index (χ4v) is 7.00. The van der Waals surface area contributed by atoms with E-state index in [0.717, 1.165) is 49.7 Å². The first-order valence-corrected chi connectivity index (χ1v) is 14.9. The van der Waals surface area contributed by atoms with E-state index in [0.29, 0.717) is 48.1 Å². The number of nitrogens with one attached hydrogen (secondary N) is 1. The summed E-state index contributed by atoms with van der Waals surface area (Å²) in [7, 11) is 0. The van der Waals surface area contributed by atoms with Gasteiger partial charge in [-0.25, -0.2) is 4.79 Å². The molecule has 1 atom stereocenters. The van der Waals surface area contributed by atoms with Crippen LogP contribution in [0.2, 0.25) is 10.0 Å². The van der Waals surface area contributed by atoms with Crippen molar-refractivity contribution in [2.75, 3.05) is 25.0 Å². The number of primary amides is 1. The van der Waals surface area contributed by atoms with Gasteiger partial charge in [0.15, 0.2) is 0 Å². The van der Waals surface area contributed by atoms with Crippen LogP contribution in [0.3, 0.4) is 0 Å². The zero-order chi connectivity index (χ0) is 28.3. The van der Waals surface area contributed by atoms with Crippen LogP contribution in [0.4, 0.5) is 10.5 Å². The van der Waals surface area contributed by atoms with Gasteiger partial charge >= 0.3 is 6.09 Å². The maximum absolute atomic E-state index is 14.2. The molecule has 0 aromatic heterocycles. The van der Waals surface area contributed by atoms with E-state index in [9.17, 15) is 14.4 Å². The Morgan fingerprint density at radius 2 is 1.70 bits per heavy atom. The summed E-state index contributed by atoms with van der Waals surface area (Å²) in [6.45, 7) is 1.03. The van der Waals surface area contributed by atoms with Crippen molar-refractivity contribution in [1.29, 1.82) is 0 Å². The number of benzene rings is 2. The van der Waals surface area contributed by atoms with E-state index in [1.165, 1.54) is 0 Å². The van der Waals surface area contributed by atoms with Gasteiger partial charge < -0.3 is 20.7 Å². The topological polar surface area (TPSA) is 105 Å². The third-order valence-electron chi connectivity index (χ3n) is 8.54. The molecule has 1 saturated carbocycles. The van der Waals surface area contributed by atoms with Crippen LogP contribution in [-0.2, 0) is 26.3 Å². The van der Waals surface area contributed by atoms with Crippen LogP contribution < -0.4 is 11.1 Å². The second kappa shape index (κ2) is 12.4. The lowest BCUT2D eigenvalue weighted by molar-refractivity contribution is -0.141. The van der Waals surface area contributed by atoms with Crippen LogP contribution in [-0.4, -0.2) is 59.5 Å². The fourth-order valence-electron chi connectivity index (χ4n) is 6.61. The number of rotatable bonds is 7. The fraction of sp³-hybridized carbons (Fsp3) is 0.500. The summed E-state index contributed by atoms with van der Waals surface area (Å²) in [5.74, 6) is -0.196. The highest BCUT2D eigenvalue weighted by Crippen LogP contribution is 2.46. The van der Waals surface area contributed by atoms with Gasteiger partial charge in [-0.3, -0.25) is 14.5 Å². The molecule has 2 aliphatic heterocycles. The number of carbonyl (C=O) groups is 3. The number of ether oxygens (including phenoxy) is 1. The average Bonchev–Trinajstić information content (AvgIpc) is 3.06. The van der Waals surface area contributed by atoms with E-state index in [1.807, 2.05) is 41.3 Å². The molecule has 0 radical (unpaired) electrons. The van der Waals surface area contributed by atoms with Crippen molar-refractivity contribution in [2.24, 2.45) is 5.73 Å². The molecule has 5 rings (SSSR count). The van der Waals surface area contributed by atoms with Crippen LogP contribution in [0.15, 0.2) is 42.5 Å². The molecule has 1 saturated heterocycles. The highest BCUT2D eigenvalue weighted by atomic mass is 35.5. The van der Waals surface area contributed by atoms with Gasteiger partial charge in [-0.1, -0.05) is 67.1 Å². The highest BCUT2D eigenvalue weighted by Gasteiger charge is 2.54. The van der Waals surface area contributed by atoms with Gasteiger partial charge in [0.1, 0.15) is 11.6 Å². The normalized spacial score (nSPS) is 22.1. The van der Waals surface area contributed by atoms with Gasteiger partial charge in [-0.2, -0.15) is 0 Å². The first-order valence-electron chi connectivity index (χ1n) is 14.1. The minimum absolute atomic E-state index is 0.0394. The van der Waals surface area contributed by atoms with Crippen LogP contribution in [0.25, 0.3) is 0 Å². The first-order chi connectivity index (χ1) is 19.3. The second-order valence-electron chi connectivity index (χ2n) is 11.1. The Hall–Kier alpha value is -2.81. The molecule has 2 aromatic rings. The number of anilines is 1. The quantitative estimate of drug-likeness (QED) is 0.417. The molecule has 1 unspecified atom stereocenters. The summed E-state index contributed by atoms with van der Waals surface area (Å²) in [4.78, 5) is 43.3. The van der Waals surface area contributed by atoms with Crippen LogP contribution in [0, 0.1) is 0 Å². The lowest BCUT2D eigenvalue weighted by atomic mass is 9.81. The molecule has 214 valence electrons. The van der Waals surface area contributed by atoms with Gasteiger partial charge in [0, 0.05) is 59.7 Å². The predicted molar refractivity (Wildman–Crippen MR) is 155 cm³/mol. The number of hydrogen-bond donors (Lipinski definition) is 2. The third-order valence-corrected chi connectivity index (χ3v) is 9.01. The van der Waals surface area contributed by atoms with Gasteiger partial charge in [0.2, 0.25) is 11.8 Å². The zero-order valence-electron chi connectivity index (χ0n) is 22.5. The Balaban J connectivity index is 1.53. The van der Waals surface area contributed by atoms with Crippen molar-refractivity contribution >= 4 is 46.8 Å². The van der Waals surface area contributed by atoms with Gasteiger partial charge in [0.05, 0.1) is 6.54 Å². The summed E-state index contributed by atoms with van der Waals surface area (Å²) in [5.41, 5.74) is 6.51. The summed E-state index contributed by atoms with van der Waals surface area (Å²) in [5, 5.41) is 4.23. The van der Waals surface area contributed by atoms with Gasteiger partial charge in [-0.15, -0.1) is 0 Å². The summed E-state index contributed by atoms with van der Waals surface area (Å²) >= 11 is 12.7. The molecule has 2 heterocycles. The Morgan fingerprint density at radius 1 is 1.00 bits per heavy atom. The molecule has 0 bridgehead atoms. The summed E-state index contributed by atoms with van der Waals surface area (Å²) in [6.07, 6.45) is 6.57. The molecule has 3 N–H and O–H groups in total. The Kier molecular flexibility index (Phi) is 8.88. The molecule has 3 amide bonds. The first kappa shape index (κ1) is 28.7. The number of hydrogen-bond acceptors (Lipinski definition) is 5. The van der Waals surface area contributed by atoms with Crippen molar-refractivity contribution in [2.45, 2.75) is 75.5 Å². The van der Waals surface area contributed by atoms with Crippen LogP contribution in [0.1, 0.15) is 62.5 Å². The van der Waals surface area contributed by atoms with Crippen LogP contribution >= 0.6 is 23.2 Å². The van der Waals surface area contributed by atoms with Crippen LogP contribution in [0.5, 0.6) is 0 Å². The van der Waals surface area contributed by atoms with E-state index in [4.69, 9.17) is 33.7 Å². The Labute approximate surface area is 245 Å². The molecule has 0 spiro atoms. The monoisotopic (exact) mass is 586 g/mol. The molecular formula is C30H36Cl2N4O4. The third kappa shape index (κ3) is 6.09. The van der Waals surface area contributed by atoms with Gasteiger partial charge in [0.25, 0.3) is 0 Å². The molecule has 2 aromatic carbocycles. The maximum atomic E-state index is 14.2. The number of halogens is 2. The van der Waals surface area contributed by atoms with Gasteiger partial charge in [-0.05, 0) is 42.7 Å². The van der Waals surface area contributed by atoms with Crippen molar-refractivity contribution in [3.8, 4) is 0 Å². The number of likely N-dealkylation sites (tertiary alicyclic amines) is 1. The molecule has 40 heavy (non-hydrogen) atoms. The molecule has 2 fully saturated rings. The zero-order valence-corrected chi connectivity index (χ0v) is 24.1. The average molecular weight is 588 g/mol. The largest absolute Gasteiger partial charge is 0.446 e. The lowest BCUT2D eigenvalue weighted by Gasteiger charge is -2.45. The molecule has 8 nitrogen and oxygen atoms in total. The van der Waals surface area contributed by atoms with Crippen molar-refractivity contribution in [3.05, 3.63) is 63.6 Å². The lowest BCUT2D eigenvalue weighted by Crippen LogP contribution is -2.59. The maximum Gasteiger partial charge on any atom is 0.404 e. The van der Waals surface area contributed by atoms with Crippen molar-refractivity contribution < 1.29 is 19.1 Å². The number of nitrogens with zero attached hydrogens (tertiary/aromatic N) is 2. The highest BCUT2D eigenvalue weighted by molar-refractivity contribution is 6.31. The summed E-state index contributed by atoms with van der Waals surface area (Å²) in [6, 6.07) is 13.1. The smallest absolute Gasteiger partial charge is 0.404 e. The molecule has 1 aliphatic carbocycles. The number of fused-ring (bicyclic) bond motifs is 1. The SMILES string of the molecule is NC(=O)OC1CCN(C(=O)CN(C2CCCCCC2)C2(Cc3cccc(Cl)c3)C(=O)Nc3cc(Cl)ccc32)CC1. The Morgan fingerprint density at radius 3 is 2.38 bits per heavy atom.